The topological polar surface area (TPSA) is 55.1 Å². The summed E-state index contributed by atoms with van der Waals surface area (Å²) in [6.07, 6.45) is 4.46. The van der Waals surface area contributed by atoms with Crippen molar-refractivity contribution in [3.05, 3.63) is 29.8 Å². The van der Waals surface area contributed by atoms with Crippen LogP contribution >= 0.6 is 0 Å². The summed E-state index contributed by atoms with van der Waals surface area (Å²) in [5.74, 6) is 6.03. The molecule has 1 fully saturated rings. The predicted molar refractivity (Wildman–Crippen MR) is 86.7 cm³/mol. The third-order valence-electron chi connectivity index (χ3n) is 4.29. The van der Waals surface area contributed by atoms with Crippen LogP contribution in [0, 0.1) is 23.2 Å². The highest BCUT2D eigenvalue weighted by Gasteiger charge is 2.37. The standard InChI is InChI=1S/C18H24N2O/c1-18(2)11-4-3-10-16(18)17(21)20-15-9-5-7-14(13-15)8-6-12-19/h5,7,9,13,16H,3-4,10-12,19H2,1-2H3,(H,20,21). The lowest BCUT2D eigenvalue weighted by molar-refractivity contribution is -0.124. The molecule has 1 aromatic rings. The molecule has 1 aromatic carbocycles. The van der Waals surface area contributed by atoms with Gasteiger partial charge in [0.2, 0.25) is 5.91 Å². The molecule has 3 N–H and O–H groups in total. The van der Waals surface area contributed by atoms with Gasteiger partial charge in [0.05, 0.1) is 6.54 Å². The van der Waals surface area contributed by atoms with Crippen LogP contribution < -0.4 is 11.1 Å². The molecule has 3 heteroatoms. The van der Waals surface area contributed by atoms with Gasteiger partial charge < -0.3 is 11.1 Å². The first-order valence-electron chi connectivity index (χ1n) is 7.63. The molecule has 0 saturated heterocycles. The van der Waals surface area contributed by atoms with Crippen molar-refractivity contribution in [2.45, 2.75) is 39.5 Å². The maximum atomic E-state index is 12.5. The van der Waals surface area contributed by atoms with E-state index in [0.717, 1.165) is 30.5 Å². The minimum Gasteiger partial charge on any atom is -0.326 e. The molecule has 0 heterocycles. The van der Waals surface area contributed by atoms with Crippen molar-refractivity contribution in [1.29, 1.82) is 0 Å². The Hall–Kier alpha value is -1.79. The van der Waals surface area contributed by atoms with Crippen molar-refractivity contribution < 1.29 is 4.79 Å². The second-order valence-electron chi connectivity index (χ2n) is 6.36. The highest BCUT2D eigenvalue weighted by Crippen LogP contribution is 2.41. The molecule has 1 amide bonds. The van der Waals surface area contributed by atoms with Crippen LogP contribution in [0.5, 0.6) is 0 Å². The smallest absolute Gasteiger partial charge is 0.228 e. The van der Waals surface area contributed by atoms with Crippen LogP contribution in [-0.4, -0.2) is 12.5 Å². The quantitative estimate of drug-likeness (QED) is 0.820. The number of carbonyl (C=O) groups is 1. The van der Waals surface area contributed by atoms with Crippen molar-refractivity contribution in [3.8, 4) is 11.8 Å². The SMILES string of the molecule is CC1(C)CCCCC1C(=O)Nc1cccc(C#CCN)c1. The molecular formula is C18H24N2O. The Morgan fingerprint density at radius 2 is 2.24 bits per heavy atom. The van der Waals surface area contributed by atoms with Gasteiger partial charge in [0.1, 0.15) is 0 Å². The summed E-state index contributed by atoms with van der Waals surface area (Å²) in [5.41, 5.74) is 7.15. The molecule has 1 atom stereocenters. The summed E-state index contributed by atoms with van der Waals surface area (Å²) >= 11 is 0. The summed E-state index contributed by atoms with van der Waals surface area (Å²) in [6.45, 7) is 4.73. The molecule has 1 unspecified atom stereocenters. The summed E-state index contributed by atoms with van der Waals surface area (Å²) < 4.78 is 0. The van der Waals surface area contributed by atoms with Crippen molar-refractivity contribution in [2.75, 3.05) is 11.9 Å². The van der Waals surface area contributed by atoms with Gasteiger partial charge in [0.15, 0.2) is 0 Å². The first kappa shape index (κ1) is 15.6. The summed E-state index contributed by atoms with van der Waals surface area (Å²) in [7, 11) is 0. The van der Waals surface area contributed by atoms with Gasteiger partial charge in [-0.15, -0.1) is 0 Å². The van der Waals surface area contributed by atoms with E-state index >= 15 is 0 Å². The maximum Gasteiger partial charge on any atom is 0.228 e. The van der Waals surface area contributed by atoms with Gasteiger partial charge in [-0.1, -0.05) is 44.6 Å². The Morgan fingerprint density at radius 1 is 1.43 bits per heavy atom. The van der Waals surface area contributed by atoms with E-state index in [1.807, 2.05) is 24.3 Å². The molecule has 0 aromatic heterocycles. The number of hydrogen-bond donors (Lipinski definition) is 2. The summed E-state index contributed by atoms with van der Waals surface area (Å²) in [6, 6.07) is 7.63. The fourth-order valence-electron chi connectivity index (χ4n) is 3.04. The fraction of sp³-hybridized carbons (Fsp3) is 0.500. The first-order valence-corrected chi connectivity index (χ1v) is 7.63. The van der Waals surface area contributed by atoms with Gasteiger partial charge in [-0.3, -0.25) is 4.79 Å². The van der Waals surface area contributed by atoms with E-state index < -0.39 is 0 Å². The Balaban J connectivity index is 2.08. The summed E-state index contributed by atoms with van der Waals surface area (Å²) in [4.78, 5) is 12.5. The Bertz CT molecular complexity index is 566. The van der Waals surface area contributed by atoms with E-state index in [9.17, 15) is 4.79 Å². The molecule has 21 heavy (non-hydrogen) atoms. The summed E-state index contributed by atoms with van der Waals surface area (Å²) in [5, 5.41) is 3.05. The predicted octanol–water partition coefficient (Wildman–Crippen LogP) is 3.15. The first-order chi connectivity index (χ1) is 10.0. The van der Waals surface area contributed by atoms with E-state index in [-0.39, 0.29) is 17.2 Å². The van der Waals surface area contributed by atoms with Gasteiger partial charge in [0, 0.05) is 17.2 Å². The van der Waals surface area contributed by atoms with Gasteiger partial charge in [-0.2, -0.15) is 0 Å². The minimum absolute atomic E-state index is 0.0826. The van der Waals surface area contributed by atoms with Gasteiger partial charge >= 0.3 is 0 Å². The number of hydrogen-bond acceptors (Lipinski definition) is 2. The van der Waals surface area contributed by atoms with Crippen molar-refractivity contribution in [3.63, 3.8) is 0 Å². The lowest BCUT2D eigenvalue weighted by Gasteiger charge is -2.37. The van der Waals surface area contributed by atoms with Crippen LogP contribution in [0.3, 0.4) is 0 Å². The third kappa shape index (κ3) is 4.09. The number of amides is 1. The van der Waals surface area contributed by atoms with Crippen molar-refractivity contribution >= 4 is 11.6 Å². The van der Waals surface area contributed by atoms with Crippen LogP contribution in [0.1, 0.15) is 45.1 Å². The average Bonchev–Trinajstić information content (AvgIpc) is 2.45. The largest absolute Gasteiger partial charge is 0.326 e. The van der Waals surface area contributed by atoms with Crippen LogP contribution in [0.15, 0.2) is 24.3 Å². The molecule has 112 valence electrons. The zero-order valence-corrected chi connectivity index (χ0v) is 12.9. The monoisotopic (exact) mass is 284 g/mol. The number of rotatable bonds is 2. The van der Waals surface area contributed by atoms with E-state index in [0.29, 0.717) is 6.54 Å². The van der Waals surface area contributed by atoms with E-state index in [4.69, 9.17) is 5.73 Å². The molecule has 1 aliphatic rings. The van der Waals surface area contributed by atoms with Crippen LogP contribution in [-0.2, 0) is 4.79 Å². The lowest BCUT2D eigenvalue weighted by Crippen LogP contribution is -2.37. The second-order valence-corrected chi connectivity index (χ2v) is 6.36. The van der Waals surface area contributed by atoms with E-state index in [2.05, 4.69) is 31.0 Å². The number of anilines is 1. The molecule has 0 spiro atoms. The van der Waals surface area contributed by atoms with E-state index in [1.165, 1.54) is 6.42 Å². The normalized spacial score (nSPS) is 20.2. The molecule has 1 saturated carbocycles. The van der Waals surface area contributed by atoms with Gasteiger partial charge in [0.25, 0.3) is 0 Å². The molecule has 1 aliphatic carbocycles. The number of benzene rings is 1. The molecule has 0 bridgehead atoms. The third-order valence-corrected chi connectivity index (χ3v) is 4.29. The Kier molecular flexibility index (Phi) is 5.03. The van der Waals surface area contributed by atoms with Crippen LogP contribution in [0.4, 0.5) is 5.69 Å². The second kappa shape index (κ2) is 6.78. The van der Waals surface area contributed by atoms with E-state index in [1.54, 1.807) is 0 Å². The number of carbonyl (C=O) groups excluding carboxylic acids is 1. The molecular weight excluding hydrogens is 260 g/mol. The zero-order valence-electron chi connectivity index (χ0n) is 12.9. The lowest BCUT2D eigenvalue weighted by atomic mass is 9.68. The van der Waals surface area contributed by atoms with Gasteiger partial charge in [-0.25, -0.2) is 0 Å². The highest BCUT2D eigenvalue weighted by atomic mass is 16.1. The van der Waals surface area contributed by atoms with Crippen LogP contribution in [0.25, 0.3) is 0 Å². The van der Waals surface area contributed by atoms with Crippen molar-refractivity contribution in [1.82, 2.24) is 0 Å². The Labute approximate surface area is 127 Å². The maximum absolute atomic E-state index is 12.5. The van der Waals surface area contributed by atoms with Crippen LogP contribution in [0.2, 0.25) is 0 Å². The number of nitrogens with one attached hydrogen (secondary N) is 1. The molecule has 0 radical (unpaired) electrons. The Morgan fingerprint density at radius 3 is 2.95 bits per heavy atom. The molecule has 0 aliphatic heterocycles. The average molecular weight is 284 g/mol. The van der Waals surface area contributed by atoms with Crippen molar-refractivity contribution in [2.24, 2.45) is 17.1 Å². The highest BCUT2D eigenvalue weighted by molar-refractivity contribution is 5.93. The molecule has 3 nitrogen and oxygen atoms in total. The van der Waals surface area contributed by atoms with Gasteiger partial charge in [-0.05, 0) is 36.5 Å². The zero-order chi connectivity index (χ0) is 15.3. The molecule has 2 rings (SSSR count). The fourth-order valence-corrected chi connectivity index (χ4v) is 3.04. The minimum atomic E-state index is 0.0826. The number of nitrogens with two attached hydrogens (primary N) is 1.